The highest BCUT2D eigenvalue weighted by atomic mass is 16.5. The predicted molar refractivity (Wildman–Crippen MR) is 121 cm³/mol. The Labute approximate surface area is 177 Å². The fourth-order valence-corrected chi connectivity index (χ4v) is 4.29. The molecule has 1 aromatic heterocycles. The summed E-state index contributed by atoms with van der Waals surface area (Å²) in [5, 5.41) is 0. The van der Waals surface area contributed by atoms with Crippen molar-refractivity contribution in [2.45, 2.75) is 84.5 Å². The molecule has 1 saturated carbocycles. The van der Waals surface area contributed by atoms with Gasteiger partial charge in [-0.25, -0.2) is 9.97 Å². The molecule has 158 valence electrons. The van der Waals surface area contributed by atoms with E-state index in [1.165, 1.54) is 69.8 Å². The zero-order valence-corrected chi connectivity index (χ0v) is 18.4. The van der Waals surface area contributed by atoms with Crippen LogP contribution >= 0.6 is 0 Å². The Kier molecular flexibility index (Phi) is 8.98. The number of ether oxygens (including phenoxy) is 1. The Hall–Kier alpha value is -1.90. The van der Waals surface area contributed by atoms with E-state index in [2.05, 4.69) is 48.1 Å². The van der Waals surface area contributed by atoms with Crippen LogP contribution in [0.25, 0.3) is 11.4 Å². The van der Waals surface area contributed by atoms with Gasteiger partial charge in [0.2, 0.25) is 0 Å². The van der Waals surface area contributed by atoms with Crippen LogP contribution in [-0.2, 0) is 6.42 Å². The van der Waals surface area contributed by atoms with Crippen LogP contribution in [0.2, 0.25) is 0 Å². The van der Waals surface area contributed by atoms with E-state index in [1.807, 2.05) is 12.4 Å². The molecular formula is C26H38N2O. The fourth-order valence-electron chi connectivity index (χ4n) is 4.29. The fraction of sp³-hybridized carbons (Fsp3) is 0.615. The van der Waals surface area contributed by atoms with Crippen molar-refractivity contribution in [2.75, 3.05) is 6.61 Å². The van der Waals surface area contributed by atoms with Gasteiger partial charge in [0.25, 0.3) is 0 Å². The van der Waals surface area contributed by atoms with Gasteiger partial charge in [0.05, 0.1) is 6.61 Å². The second-order valence-corrected chi connectivity index (χ2v) is 8.71. The Morgan fingerprint density at radius 3 is 2.14 bits per heavy atom. The van der Waals surface area contributed by atoms with Gasteiger partial charge in [-0.15, -0.1) is 0 Å². The van der Waals surface area contributed by atoms with Crippen molar-refractivity contribution in [3.05, 3.63) is 42.2 Å². The standard InChI is InChI=1S/C26H38N2O/c1-3-5-6-7-8-9-23-18-27-26(28-19-23)24-14-16-25(17-15-24)29-20-22-12-10-21(4-2)11-13-22/h14-19,21-22H,3-13,20H2,1-2H3/t21-,22-. The highest BCUT2D eigenvalue weighted by Crippen LogP contribution is 2.31. The van der Waals surface area contributed by atoms with Gasteiger partial charge in [0.1, 0.15) is 5.75 Å². The monoisotopic (exact) mass is 394 g/mol. The van der Waals surface area contributed by atoms with E-state index in [-0.39, 0.29) is 0 Å². The third-order valence-electron chi connectivity index (χ3n) is 6.42. The molecule has 29 heavy (non-hydrogen) atoms. The van der Waals surface area contributed by atoms with Gasteiger partial charge in [0, 0.05) is 18.0 Å². The van der Waals surface area contributed by atoms with Crippen LogP contribution in [0.15, 0.2) is 36.7 Å². The molecule has 1 aromatic carbocycles. The highest BCUT2D eigenvalue weighted by Gasteiger charge is 2.20. The largest absolute Gasteiger partial charge is 0.493 e. The molecule has 1 heterocycles. The summed E-state index contributed by atoms with van der Waals surface area (Å²) in [6, 6.07) is 8.25. The van der Waals surface area contributed by atoms with Crippen LogP contribution in [0.1, 0.15) is 83.6 Å². The lowest BCUT2D eigenvalue weighted by molar-refractivity contribution is 0.181. The lowest BCUT2D eigenvalue weighted by atomic mass is 9.81. The van der Waals surface area contributed by atoms with Crippen molar-refractivity contribution in [1.82, 2.24) is 9.97 Å². The molecule has 1 aliphatic rings. The van der Waals surface area contributed by atoms with Crippen molar-refractivity contribution in [1.29, 1.82) is 0 Å². The molecule has 3 nitrogen and oxygen atoms in total. The van der Waals surface area contributed by atoms with Gasteiger partial charge >= 0.3 is 0 Å². The number of unbranched alkanes of at least 4 members (excludes halogenated alkanes) is 4. The van der Waals surface area contributed by atoms with E-state index >= 15 is 0 Å². The normalized spacial score (nSPS) is 19.2. The lowest BCUT2D eigenvalue weighted by Crippen LogP contribution is -2.19. The van der Waals surface area contributed by atoms with Crippen molar-refractivity contribution in [2.24, 2.45) is 11.8 Å². The van der Waals surface area contributed by atoms with E-state index in [0.29, 0.717) is 0 Å². The molecule has 3 heteroatoms. The third-order valence-corrected chi connectivity index (χ3v) is 6.42. The summed E-state index contributed by atoms with van der Waals surface area (Å²) in [5.74, 6) is 3.41. The third kappa shape index (κ3) is 7.13. The average Bonchev–Trinajstić information content (AvgIpc) is 2.79. The maximum atomic E-state index is 6.06. The van der Waals surface area contributed by atoms with Gasteiger partial charge in [-0.2, -0.15) is 0 Å². The number of nitrogens with zero attached hydrogens (tertiary/aromatic N) is 2. The van der Waals surface area contributed by atoms with Crippen LogP contribution in [-0.4, -0.2) is 16.6 Å². The summed E-state index contributed by atoms with van der Waals surface area (Å²) >= 11 is 0. The molecule has 0 bridgehead atoms. The molecule has 3 rings (SSSR count). The van der Waals surface area contributed by atoms with Crippen LogP contribution < -0.4 is 4.74 Å². The molecule has 2 aromatic rings. The zero-order valence-electron chi connectivity index (χ0n) is 18.4. The second-order valence-electron chi connectivity index (χ2n) is 8.71. The van der Waals surface area contributed by atoms with Gasteiger partial charge < -0.3 is 4.74 Å². The maximum Gasteiger partial charge on any atom is 0.159 e. The molecule has 0 saturated heterocycles. The van der Waals surface area contributed by atoms with Crippen LogP contribution in [0.5, 0.6) is 5.75 Å². The van der Waals surface area contributed by atoms with Gasteiger partial charge in [-0.1, -0.05) is 58.8 Å². The summed E-state index contributed by atoms with van der Waals surface area (Å²) < 4.78 is 6.06. The van der Waals surface area contributed by atoms with Crippen LogP contribution in [0.4, 0.5) is 0 Å². The number of hydrogen-bond donors (Lipinski definition) is 0. The molecule has 1 fully saturated rings. The van der Waals surface area contributed by atoms with E-state index in [4.69, 9.17) is 4.74 Å². The number of hydrogen-bond acceptors (Lipinski definition) is 3. The zero-order chi connectivity index (χ0) is 20.3. The number of rotatable bonds is 11. The van der Waals surface area contributed by atoms with E-state index in [9.17, 15) is 0 Å². The molecule has 0 atom stereocenters. The van der Waals surface area contributed by atoms with Crippen molar-refractivity contribution < 1.29 is 4.74 Å². The Balaban J connectivity index is 1.43. The Bertz CT molecular complexity index is 688. The molecule has 0 unspecified atom stereocenters. The van der Waals surface area contributed by atoms with Gasteiger partial charge in [-0.05, 0) is 67.3 Å². The minimum Gasteiger partial charge on any atom is -0.493 e. The molecule has 0 amide bonds. The second kappa shape index (κ2) is 11.9. The molecule has 0 aliphatic heterocycles. The lowest BCUT2D eigenvalue weighted by Gasteiger charge is -2.27. The quantitative estimate of drug-likeness (QED) is 0.376. The molecular weight excluding hydrogens is 356 g/mol. The molecule has 0 N–H and O–H groups in total. The Morgan fingerprint density at radius 2 is 1.48 bits per heavy atom. The number of aromatic nitrogens is 2. The minimum absolute atomic E-state index is 0.718. The van der Waals surface area contributed by atoms with Crippen LogP contribution in [0.3, 0.4) is 0 Å². The highest BCUT2D eigenvalue weighted by molar-refractivity contribution is 5.55. The first kappa shape index (κ1) is 21.8. The number of aryl methyl sites for hydroxylation is 1. The first-order valence-electron chi connectivity index (χ1n) is 11.8. The van der Waals surface area contributed by atoms with E-state index in [1.54, 1.807) is 0 Å². The maximum absolute atomic E-state index is 6.06. The minimum atomic E-state index is 0.718. The van der Waals surface area contributed by atoms with Crippen molar-refractivity contribution in [3.63, 3.8) is 0 Å². The van der Waals surface area contributed by atoms with Crippen molar-refractivity contribution >= 4 is 0 Å². The summed E-state index contributed by atoms with van der Waals surface area (Å²) in [6.45, 7) is 5.41. The topological polar surface area (TPSA) is 35.0 Å². The molecule has 0 radical (unpaired) electrons. The van der Waals surface area contributed by atoms with Gasteiger partial charge in [-0.3, -0.25) is 0 Å². The molecule has 1 aliphatic carbocycles. The predicted octanol–water partition coefficient (Wildman–Crippen LogP) is 7.25. The summed E-state index contributed by atoms with van der Waals surface area (Å²) in [7, 11) is 0. The summed E-state index contributed by atoms with van der Waals surface area (Å²) in [6.07, 6.45) is 18.3. The first-order valence-corrected chi connectivity index (χ1v) is 11.8. The van der Waals surface area contributed by atoms with E-state index in [0.717, 1.165) is 42.0 Å². The van der Waals surface area contributed by atoms with Crippen molar-refractivity contribution in [3.8, 4) is 17.1 Å². The van der Waals surface area contributed by atoms with Crippen LogP contribution in [0, 0.1) is 11.8 Å². The Morgan fingerprint density at radius 1 is 0.828 bits per heavy atom. The summed E-state index contributed by atoms with van der Waals surface area (Å²) in [5.41, 5.74) is 2.29. The SMILES string of the molecule is CCCCCCCc1cnc(-c2ccc(OC[C@H]3CC[C@H](CC)CC3)cc2)nc1. The number of benzene rings is 1. The first-order chi connectivity index (χ1) is 14.3. The molecule has 0 spiro atoms. The van der Waals surface area contributed by atoms with E-state index < -0.39 is 0 Å². The average molecular weight is 395 g/mol. The summed E-state index contributed by atoms with van der Waals surface area (Å²) in [4.78, 5) is 9.15. The smallest absolute Gasteiger partial charge is 0.159 e. The van der Waals surface area contributed by atoms with Gasteiger partial charge in [0.15, 0.2) is 5.82 Å².